The molecule has 0 amide bonds. The SMILES string of the molecule is COc1cc(Cl)ccc1C(=O)CCC(=O)CCC(=O)O. The Hall–Kier alpha value is -1.88. The molecule has 0 spiro atoms. The molecule has 1 aromatic carbocycles. The lowest BCUT2D eigenvalue weighted by Gasteiger charge is -2.07. The molecule has 0 fully saturated rings. The standard InChI is InChI=1S/C14H15ClO5/c1-20-13-8-9(15)2-5-11(13)12(17)6-3-10(16)4-7-14(18)19/h2,5,8H,3-4,6-7H2,1H3,(H,18,19). The second-order valence-corrected chi connectivity index (χ2v) is 4.64. The molecule has 0 atom stereocenters. The molecule has 0 heterocycles. The highest BCUT2D eigenvalue weighted by Crippen LogP contribution is 2.24. The van der Waals surface area contributed by atoms with Crippen molar-refractivity contribution in [2.75, 3.05) is 7.11 Å². The number of rotatable bonds is 8. The van der Waals surface area contributed by atoms with Crippen LogP contribution in [0.4, 0.5) is 0 Å². The summed E-state index contributed by atoms with van der Waals surface area (Å²) in [6.45, 7) is 0. The lowest BCUT2D eigenvalue weighted by molar-refractivity contribution is -0.138. The van der Waals surface area contributed by atoms with Crippen LogP contribution in [0.25, 0.3) is 0 Å². The third-order valence-electron chi connectivity index (χ3n) is 2.71. The van der Waals surface area contributed by atoms with Gasteiger partial charge in [0.15, 0.2) is 5.78 Å². The van der Waals surface area contributed by atoms with E-state index in [0.717, 1.165) is 0 Å². The Balaban J connectivity index is 2.59. The number of benzene rings is 1. The Morgan fingerprint density at radius 3 is 2.40 bits per heavy atom. The van der Waals surface area contributed by atoms with Crippen molar-refractivity contribution in [1.29, 1.82) is 0 Å². The van der Waals surface area contributed by atoms with E-state index < -0.39 is 5.97 Å². The van der Waals surface area contributed by atoms with Crippen LogP contribution in [0, 0.1) is 0 Å². The van der Waals surface area contributed by atoms with E-state index >= 15 is 0 Å². The van der Waals surface area contributed by atoms with Crippen molar-refractivity contribution in [2.24, 2.45) is 0 Å². The minimum atomic E-state index is -1.02. The average Bonchev–Trinajstić information content (AvgIpc) is 2.42. The van der Waals surface area contributed by atoms with Gasteiger partial charge in [-0.2, -0.15) is 0 Å². The first-order valence-corrected chi connectivity index (χ1v) is 6.42. The summed E-state index contributed by atoms with van der Waals surface area (Å²) in [5.74, 6) is -1.14. The zero-order chi connectivity index (χ0) is 15.1. The van der Waals surface area contributed by atoms with E-state index in [4.69, 9.17) is 21.4 Å². The molecule has 1 N–H and O–H groups in total. The zero-order valence-corrected chi connectivity index (χ0v) is 11.8. The van der Waals surface area contributed by atoms with Crippen LogP contribution in [-0.2, 0) is 9.59 Å². The Kier molecular flexibility index (Phi) is 6.18. The largest absolute Gasteiger partial charge is 0.496 e. The van der Waals surface area contributed by atoms with E-state index in [1.54, 1.807) is 12.1 Å². The summed E-state index contributed by atoms with van der Waals surface area (Å²) in [6.07, 6.45) is -0.216. The van der Waals surface area contributed by atoms with Gasteiger partial charge in [-0.1, -0.05) is 11.6 Å². The van der Waals surface area contributed by atoms with Gasteiger partial charge in [-0.15, -0.1) is 0 Å². The first kappa shape index (κ1) is 16.2. The quantitative estimate of drug-likeness (QED) is 0.746. The number of ketones is 2. The monoisotopic (exact) mass is 298 g/mol. The van der Waals surface area contributed by atoms with E-state index in [0.29, 0.717) is 16.3 Å². The number of ether oxygens (including phenoxy) is 1. The molecule has 1 aromatic rings. The summed E-state index contributed by atoms with van der Waals surface area (Å²) in [4.78, 5) is 33.7. The Labute approximate surface area is 121 Å². The van der Waals surface area contributed by atoms with Crippen molar-refractivity contribution in [3.63, 3.8) is 0 Å². The number of carboxylic acids is 1. The summed E-state index contributed by atoms with van der Waals surface area (Å²) in [5, 5.41) is 8.92. The molecule has 1 rings (SSSR count). The molecular weight excluding hydrogens is 284 g/mol. The predicted octanol–water partition coefficient (Wildman–Crippen LogP) is 2.75. The minimum Gasteiger partial charge on any atom is -0.496 e. The molecule has 0 aliphatic rings. The number of carbonyl (C=O) groups is 3. The van der Waals surface area contributed by atoms with Crippen LogP contribution in [0.2, 0.25) is 5.02 Å². The lowest BCUT2D eigenvalue weighted by Crippen LogP contribution is -2.08. The number of hydrogen-bond donors (Lipinski definition) is 1. The molecule has 0 unspecified atom stereocenters. The summed E-state index contributed by atoms with van der Waals surface area (Å²) >= 11 is 5.80. The van der Waals surface area contributed by atoms with Crippen LogP contribution >= 0.6 is 11.6 Å². The maximum atomic E-state index is 12.0. The summed E-state index contributed by atoms with van der Waals surface area (Å²) in [6, 6.07) is 4.65. The highest BCUT2D eigenvalue weighted by atomic mass is 35.5. The van der Waals surface area contributed by atoms with Gasteiger partial charge in [0, 0.05) is 24.3 Å². The van der Waals surface area contributed by atoms with Crippen molar-refractivity contribution in [2.45, 2.75) is 25.7 Å². The molecule has 0 aromatic heterocycles. The number of aliphatic carboxylic acids is 1. The number of hydrogen-bond acceptors (Lipinski definition) is 4. The normalized spacial score (nSPS) is 10.1. The topological polar surface area (TPSA) is 80.7 Å². The van der Waals surface area contributed by atoms with Crippen LogP contribution in [0.1, 0.15) is 36.0 Å². The molecule has 0 saturated heterocycles. The number of Topliss-reactive ketones (excluding diaryl/α,β-unsaturated/α-hetero) is 2. The van der Waals surface area contributed by atoms with Gasteiger partial charge in [-0.3, -0.25) is 14.4 Å². The van der Waals surface area contributed by atoms with E-state index in [2.05, 4.69) is 0 Å². The number of halogens is 1. The van der Waals surface area contributed by atoms with Crippen molar-refractivity contribution in [3.8, 4) is 5.75 Å². The summed E-state index contributed by atoms with van der Waals surface area (Å²) in [7, 11) is 1.43. The maximum absolute atomic E-state index is 12.0. The van der Waals surface area contributed by atoms with Gasteiger partial charge >= 0.3 is 5.97 Å². The molecule has 108 valence electrons. The van der Waals surface area contributed by atoms with Crippen LogP contribution in [0.15, 0.2) is 18.2 Å². The van der Waals surface area contributed by atoms with Crippen molar-refractivity contribution < 1.29 is 24.2 Å². The van der Waals surface area contributed by atoms with Gasteiger partial charge in [0.25, 0.3) is 0 Å². The second-order valence-electron chi connectivity index (χ2n) is 4.20. The van der Waals surface area contributed by atoms with Crippen LogP contribution < -0.4 is 4.74 Å². The molecule has 0 saturated carbocycles. The summed E-state index contributed by atoms with van der Waals surface area (Å²) in [5.41, 5.74) is 0.364. The fourth-order valence-corrected chi connectivity index (χ4v) is 1.82. The van der Waals surface area contributed by atoms with Gasteiger partial charge in [-0.05, 0) is 18.2 Å². The summed E-state index contributed by atoms with van der Waals surface area (Å²) < 4.78 is 5.07. The van der Waals surface area contributed by atoms with Crippen molar-refractivity contribution in [3.05, 3.63) is 28.8 Å². The number of carbonyl (C=O) groups excluding carboxylic acids is 2. The maximum Gasteiger partial charge on any atom is 0.303 e. The molecule has 20 heavy (non-hydrogen) atoms. The first-order valence-electron chi connectivity index (χ1n) is 6.04. The Bertz CT molecular complexity index is 524. The molecule has 6 heteroatoms. The Morgan fingerprint density at radius 2 is 1.80 bits per heavy atom. The number of methoxy groups -OCH3 is 1. The fourth-order valence-electron chi connectivity index (χ4n) is 1.65. The molecule has 0 bridgehead atoms. The lowest BCUT2D eigenvalue weighted by atomic mass is 10.0. The van der Waals surface area contributed by atoms with Crippen LogP contribution in [0.3, 0.4) is 0 Å². The van der Waals surface area contributed by atoms with Gasteiger partial charge in [0.2, 0.25) is 0 Å². The molecule has 0 aliphatic carbocycles. The van der Waals surface area contributed by atoms with E-state index in [1.807, 2.05) is 0 Å². The fraction of sp³-hybridized carbons (Fsp3) is 0.357. The van der Waals surface area contributed by atoms with E-state index in [9.17, 15) is 14.4 Å². The van der Waals surface area contributed by atoms with Gasteiger partial charge in [-0.25, -0.2) is 0 Å². The van der Waals surface area contributed by atoms with E-state index in [1.165, 1.54) is 13.2 Å². The second kappa shape index (κ2) is 7.65. The van der Waals surface area contributed by atoms with Gasteiger partial charge in [0.05, 0.1) is 19.1 Å². The van der Waals surface area contributed by atoms with Crippen molar-refractivity contribution >= 4 is 29.1 Å². The predicted molar refractivity (Wildman–Crippen MR) is 73.4 cm³/mol. The first-order chi connectivity index (χ1) is 9.43. The minimum absolute atomic E-state index is 0.0243. The molecule has 0 aliphatic heterocycles. The average molecular weight is 299 g/mol. The molecule has 5 nitrogen and oxygen atoms in total. The van der Waals surface area contributed by atoms with E-state index in [-0.39, 0.29) is 37.2 Å². The molecule has 0 radical (unpaired) electrons. The van der Waals surface area contributed by atoms with Crippen molar-refractivity contribution in [1.82, 2.24) is 0 Å². The van der Waals surface area contributed by atoms with Gasteiger partial charge in [0.1, 0.15) is 11.5 Å². The third-order valence-corrected chi connectivity index (χ3v) is 2.95. The smallest absolute Gasteiger partial charge is 0.303 e. The van der Waals surface area contributed by atoms with Crippen LogP contribution in [0.5, 0.6) is 5.75 Å². The number of carboxylic acid groups (broad SMARTS) is 1. The third kappa shape index (κ3) is 5.01. The molecular formula is C14H15ClO5. The van der Waals surface area contributed by atoms with Gasteiger partial charge < -0.3 is 9.84 Å². The Morgan fingerprint density at radius 1 is 1.15 bits per heavy atom. The highest BCUT2D eigenvalue weighted by Gasteiger charge is 2.14. The zero-order valence-electron chi connectivity index (χ0n) is 11.0. The van der Waals surface area contributed by atoms with Crippen LogP contribution in [-0.4, -0.2) is 29.8 Å². The highest BCUT2D eigenvalue weighted by molar-refractivity contribution is 6.30.